The van der Waals surface area contributed by atoms with E-state index in [9.17, 15) is 4.79 Å². The summed E-state index contributed by atoms with van der Waals surface area (Å²) in [6.07, 6.45) is 7.51. The summed E-state index contributed by atoms with van der Waals surface area (Å²) in [6, 6.07) is 17.2. The smallest absolute Gasteiger partial charge is 0.322 e. The average Bonchev–Trinajstić information content (AvgIpc) is 3.21. The second kappa shape index (κ2) is 10.7. The topological polar surface area (TPSA) is 37.3 Å². The normalized spacial score (nSPS) is 14.3. The van der Waals surface area contributed by atoms with Gasteiger partial charge in [0.25, 0.3) is 0 Å². The Hall–Kier alpha value is -2.14. The van der Waals surface area contributed by atoms with Crippen molar-refractivity contribution in [3.63, 3.8) is 0 Å². The molecular weight excluding hydrogens is 465 g/mol. The van der Waals surface area contributed by atoms with Gasteiger partial charge in [-0.2, -0.15) is 0 Å². The fraction of sp³-hybridized carbons (Fsp3) is 0.320. The molecular formula is C25H26Cl3N3O. The lowest BCUT2D eigenvalue weighted by atomic mass is 9.94. The third kappa shape index (κ3) is 5.61. The number of nitrogens with zero attached hydrogens (tertiary/aromatic N) is 2. The van der Waals surface area contributed by atoms with Gasteiger partial charge in [-0.3, -0.25) is 0 Å². The molecule has 1 saturated carbocycles. The third-order valence-corrected chi connectivity index (χ3v) is 6.83. The number of carbonyl (C=O) groups excluding carboxylic acids is 1. The number of hydrogen-bond acceptors (Lipinski definition) is 1. The Labute approximate surface area is 204 Å². The largest absolute Gasteiger partial charge is 0.345 e. The summed E-state index contributed by atoms with van der Waals surface area (Å²) in [7, 11) is 0. The number of rotatable bonds is 6. The summed E-state index contributed by atoms with van der Waals surface area (Å²) in [5, 5.41) is 4.54. The summed E-state index contributed by atoms with van der Waals surface area (Å²) >= 11 is 18.8. The van der Waals surface area contributed by atoms with E-state index in [0.29, 0.717) is 28.8 Å². The second-order valence-corrected chi connectivity index (χ2v) is 9.45. The van der Waals surface area contributed by atoms with Crippen LogP contribution in [0.15, 0.2) is 60.8 Å². The van der Waals surface area contributed by atoms with Crippen LogP contribution in [0.1, 0.15) is 43.4 Å². The lowest BCUT2D eigenvalue weighted by Gasteiger charge is -2.35. The number of benzene rings is 2. The van der Waals surface area contributed by atoms with Crippen molar-refractivity contribution in [2.24, 2.45) is 0 Å². The molecule has 4 rings (SSSR count). The lowest BCUT2D eigenvalue weighted by molar-refractivity contribution is 0.161. The van der Waals surface area contributed by atoms with Crippen molar-refractivity contribution in [1.82, 2.24) is 9.47 Å². The Morgan fingerprint density at radius 2 is 1.69 bits per heavy atom. The predicted octanol–water partition coefficient (Wildman–Crippen LogP) is 7.86. The monoisotopic (exact) mass is 489 g/mol. The zero-order valence-corrected chi connectivity index (χ0v) is 20.0. The predicted molar refractivity (Wildman–Crippen MR) is 133 cm³/mol. The molecule has 0 radical (unpaired) electrons. The first kappa shape index (κ1) is 23.0. The van der Waals surface area contributed by atoms with E-state index in [-0.39, 0.29) is 12.1 Å². The number of para-hydroxylation sites is 1. The highest BCUT2D eigenvalue weighted by molar-refractivity contribution is 6.39. The van der Waals surface area contributed by atoms with Crippen LogP contribution in [0.25, 0.3) is 0 Å². The van der Waals surface area contributed by atoms with Gasteiger partial charge < -0.3 is 14.8 Å². The number of urea groups is 1. The summed E-state index contributed by atoms with van der Waals surface area (Å²) in [4.78, 5) is 15.4. The Bertz CT molecular complexity index is 1060. The first-order chi connectivity index (χ1) is 15.5. The number of aromatic nitrogens is 1. The number of halogens is 3. The number of carbonyl (C=O) groups is 1. The molecule has 1 N–H and O–H groups in total. The molecule has 7 heteroatoms. The summed E-state index contributed by atoms with van der Waals surface area (Å²) in [5.41, 5.74) is 2.64. The van der Waals surface area contributed by atoms with Crippen LogP contribution in [0.2, 0.25) is 15.1 Å². The van der Waals surface area contributed by atoms with Crippen LogP contribution in [-0.2, 0) is 13.1 Å². The van der Waals surface area contributed by atoms with E-state index < -0.39 is 0 Å². The van der Waals surface area contributed by atoms with Gasteiger partial charge >= 0.3 is 6.03 Å². The van der Waals surface area contributed by atoms with Gasteiger partial charge in [-0.1, -0.05) is 72.3 Å². The molecule has 1 aliphatic carbocycles. The molecule has 1 fully saturated rings. The average molecular weight is 491 g/mol. The molecule has 2 amide bonds. The molecule has 32 heavy (non-hydrogen) atoms. The molecule has 168 valence electrons. The Morgan fingerprint density at radius 1 is 0.969 bits per heavy atom. The molecule has 2 aromatic carbocycles. The van der Waals surface area contributed by atoms with Crippen LogP contribution in [0.5, 0.6) is 0 Å². The fourth-order valence-electron chi connectivity index (χ4n) is 4.31. The first-order valence-corrected chi connectivity index (χ1v) is 12.0. The fourth-order valence-corrected chi connectivity index (χ4v) is 5.01. The number of anilines is 1. The van der Waals surface area contributed by atoms with Crippen molar-refractivity contribution in [1.29, 1.82) is 0 Å². The zero-order valence-electron chi connectivity index (χ0n) is 17.7. The van der Waals surface area contributed by atoms with Gasteiger partial charge in [0.05, 0.1) is 22.3 Å². The standard InChI is InChI=1S/C25H26Cl3N3O/c26-19-8-4-7-18(15-19)16-30-14-6-11-21(30)17-31(20-9-2-1-3-10-20)25(32)29-24-22(27)12-5-13-23(24)28/h4-8,11-15,20H,1-3,9-10,16-17H2,(H,29,32). The van der Waals surface area contributed by atoms with Gasteiger partial charge in [-0.15, -0.1) is 0 Å². The van der Waals surface area contributed by atoms with Gasteiger partial charge in [-0.25, -0.2) is 4.79 Å². The van der Waals surface area contributed by atoms with E-state index in [4.69, 9.17) is 34.8 Å². The third-order valence-electron chi connectivity index (χ3n) is 5.97. The van der Waals surface area contributed by atoms with Crippen molar-refractivity contribution in [3.05, 3.63) is 87.1 Å². The van der Waals surface area contributed by atoms with Crippen LogP contribution in [0, 0.1) is 0 Å². The molecule has 0 unspecified atom stereocenters. The Balaban J connectivity index is 1.57. The maximum Gasteiger partial charge on any atom is 0.322 e. The van der Waals surface area contributed by atoms with Crippen LogP contribution in [-0.4, -0.2) is 21.5 Å². The Morgan fingerprint density at radius 3 is 2.41 bits per heavy atom. The Kier molecular flexibility index (Phi) is 7.67. The SMILES string of the molecule is O=C(Nc1c(Cl)cccc1Cl)N(Cc1cccn1Cc1cccc(Cl)c1)C1CCCCC1. The van der Waals surface area contributed by atoms with Gasteiger partial charge in [0, 0.05) is 29.5 Å². The summed E-state index contributed by atoms with van der Waals surface area (Å²) in [5.74, 6) is 0. The van der Waals surface area contributed by atoms with E-state index in [1.165, 1.54) is 6.42 Å². The van der Waals surface area contributed by atoms with E-state index in [1.807, 2.05) is 35.4 Å². The van der Waals surface area contributed by atoms with E-state index >= 15 is 0 Å². The molecule has 0 aliphatic heterocycles. The van der Waals surface area contributed by atoms with Crippen LogP contribution >= 0.6 is 34.8 Å². The van der Waals surface area contributed by atoms with E-state index in [0.717, 1.165) is 42.0 Å². The van der Waals surface area contributed by atoms with Gasteiger partial charge in [0.15, 0.2) is 0 Å². The van der Waals surface area contributed by atoms with Crippen molar-refractivity contribution in [2.75, 3.05) is 5.32 Å². The quantitative estimate of drug-likeness (QED) is 0.375. The minimum absolute atomic E-state index is 0.178. The molecule has 0 bridgehead atoms. The summed E-state index contributed by atoms with van der Waals surface area (Å²) in [6.45, 7) is 1.20. The number of nitrogens with one attached hydrogen (secondary N) is 1. The maximum absolute atomic E-state index is 13.4. The number of hydrogen-bond donors (Lipinski definition) is 1. The van der Waals surface area contributed by atoms with Crippen LogP contribution < -0.4 is 5.32 Å². The van der Waals surface area contributed by atoms with E-state index in [1.54, 1.807) is 18.2 Å². The highest BCUT2D eigenvalue weighted by atomic mass is 35.5. The molecule has 0 saturated heterocycles. The molecule has 1 aromatic heterocycles. The molecule has 1 heterocycles. The van der Waals surface area contributed by atoms with Gasteiger partial charge in [0.2, 0.25) is 0 Å². The summed E-state index contributed by atoms with van der Waals surface area (Å²) < 4.78 is 2.16. The highest BCUT2D eigenvalue weighted by Crippen LogP contribution is 2.31. The van der Waals surface area contributed by atoms with Gasteiger partial charge in [0.1, 0.15) is 0 Å². The molecule has 4 nitrogen and oxygen atoms in total. The van der Waals surface area contributed by atoms with Gasteiger partial charge in [-0.05, 0) is 54.8 Å². The molecule has 3 aromatic rings. The maximum atomic E-state index is 13.4. The second-order valence-electron chi connectivity index (χ2n) is 8.20. The molecule has 1 aliphatic rings. The van der Waals surface area contributed by atoms with Crippen molar-refractivity contribution in [3.8, 4) is 0 Å². The van der Waals surface area contributed by atoms with Crippen molar-refractivity contribution in [2.45, 2.75) is 51.2 Å². The minimum atomic E-state index is -0.178. The highest BCUT2D eigenvalue weighted by Gasteiger charge is 2.27. The number of amides is 2. The van der Waals surface area contributed by atoms with Crippen LogP contribution in [0.3, 0.4) is 0 Å². The molecule has 0 spiro atoms. The van der Waals surface area contributed by atoms with Crippen molar-refractivity contribution >= 4 is 46.5 Å². The zero-order chi connectivity index (χ0) is 22.5. The van der Waals surface area contributed by atoms with E-state index in [2.05, 4.69) is 22.0 Å². The van der Waals surface area contributed by atoms with Crippen LogP contribution in [0.4, 0.5) is 10.5 Å². The molecule has 0 atom stereocenters. The van der Waals surface area contributed by atoms with Crippen molar-refractivity contribution < 1.29 is 4.79 Å². The minimum Gasteiger partial charge on any atom is -0.345 e. The lowest BCUT2D eigenvalue weighted by Crippen LogP contribution is -2.43. The first-order valence-electron chi connectivity index (χ1n) is 10.9.